The van der Waals surface area contributed by atoms with Crippen LogP contribution in [0, 0.1) is 6.92 Å². The van der Waals surface area contributed by atoms with Gasteiger partial charge in [-0.3, -0.25) is 0 Å². The van der Waals surface area contributed by atoms with Gasteiger partial charge in [-0.05, 0) is 37.8 Å². The largest absolute Gasteiger partial charge is 0.394 e. The number of aliphatic hydroxyl groups excluding tert-OH is 1. The molecule has 3 N–H and O–H groups in total. The van der Waals surface area contributed by atoms with E-state index in [9.17, 15) is 5.11 Å². The molecule has 0 bridgehead atoms. The van der Waals surface area contributed by atoms with Gasteiger partial charge in [0, 0.05) is 18.8 Å². The van der Waals surface area contributed by atoms with Crippen molar-refractivity contribution in [2.45, 2.75) is 38.8 Å². The molecule has 0 aliphatic carbocycles. The van der Waals surface area contributed by atoms with Crippen LogP contribution in [0.4, 0.5) is 5.69 Å². The van der Waals surface area contributed by atoms with Gasteiger partial charge >= 0.3 is 0 Å². The van der Waals surface area contributed by atoms with Crippen LogP contribution in [-0.2, 0) is 6.54 Å². The van der Waals surface area contributed by atoms with Crippen molar-refractivity contribution in [2.75, 3.05) is 18.1 Å². The predicted octanol–water partition coefficient (Wildman–Crippen LogP) is 1.80. The van der Waals surface area contributed by atoms with E-state index in [0.29, 0.717) is 6.54 Å². The molecule has 0 amide bonds. The zero-order chi connectivity index (χ0) is 12.3. The van der Waals surface area contributed by atoms with Gasteiger partial charge in [0.1, 0.15) is 0 Å². The summed E-state index contributed by atoms with van der Waals surface area (Å²) in [5, 5.41) is 9.47. The molecule has 3 heteroatoms. The predicted molar refractivity (Wildman–Crippen MR) is 71.1 cm³/mol. The fourth-order valence-corrected chi connectivity index (χ4v) is 2.67. The molecule has 0 aromatic heterocycles. The summed E-state index contributed by atoms with van der Waals surface area (Å²) in [5.74, 6) is 0. The number of hydrogen-bond acceptors (Lipinski definition) is 3. The number of aryl methyl sites for hydroxylation is 1. The molecule has 1 aliphatic heterocycles. The molecule has 3 nitrogen and oxygen atoms in total. The first-order valence-corrected chi connectivity index (χ1v) is 6.43. The standard InChI is InChI=1S/C14H22N2O/c1-11-5-6-14(12(8-11)9-15)16-7-3-2-4-13(16)10-17/h5-6,8,13,17H,2-4,7,9-10,15H2,1H3. The van der Waals surface area contributed by atoms with Crippen molar-refractivity contribution in [3.63, 3.8) is 0 Å². The van der Waals surface area contributed by atoms with Gasteiger partial charge in [-0.1, -0.05) is 17.7 Å². The van der Waals surface area contributed by atoms with Crippen molar-refractivity contribution in [3.8, 4) is 0 Å². The topological polar surface area (TPSA) is 49.5 Å². The normalized spacial score (nSPS) is 20.6. The number of hydrogen-bond donors (Lipinski definition) is 2. The van der Waals surface area contributed by atoms with Crippen LogP contribution in [0.1, 0.15) is 30.4 Å². The van der Waals surface area contributed by atoms with E-state index in [1.807, 2.05) is 0 Å². The molecule has 1 aliphatic rings. The van der Waals surface area contributed by atoms with Crippen LogP contribution in [0.5, 0.6) is 0 Å². The Morgan fingerprint density at radius 1 is 1.41 bits per heavy atom. The average molecular weight is 234 g/mol. The highest BCUT2D eigenvalue weighted by atomic mass is 16.3. The van der Waals surface area contributed by atoms with Crippen molar-refractivity contribution < 1.29 is 5.11 Å². The molecule has 1 heterocycles. The minimum atomic E-state index is 0.234. The number of anilines is 1. The Morgan fingerprint density at radius 3 is 2.94 bits per heavy atom. The number of benzene rings is 1. The van der Waals surface area contributed by atoms with Crippen molar-refractivity contribution in [1.82, 2.24) is 0 Å². The lowest BCUT2D eigenvalue weighted by Gasteiger charge is -2.37. The first kappa shape index (κ1) is 12.4. The van der Waals surface area contributed by atoms with E-state index in [1.165, 1.54) is 29.7 Å². The third kappa shape index (κ3) is 2.61. The molecular weight excluding hydrogens is 212 g/mol. The van der Waals surface area contributed by atoms with Crippen LogP contribution in [0.3, 0.4) is 0 Å². The summed E-state index contributed by atoms with van der Waals surface area (Å²) in [7, 11) is 0. The highest BCUT2D eigenvalue weighted by Crippen LogP contribution is 2.28. The molecule has 2 rings (SSSR count). The van der Waals surface area contributed by atoms with Crippen LogP contribution in [0.2, 0.25) is 0 Å². The number of nitrogens with zero attached hydrogens (tertiary/aromatic N) is 1. The van der Waals surface area contributed by atoms with Crippen LogP contribution in [0.15, 0.2) is 18.2 Å². The Hall–Kier alpha value is -1.06. The van der Waals surface area contributed by atoms with Gasteiger partial charge in [0.15, 0.2) is 0 Å². The first-order valence-electron chi connectivity index (χ1n) is 6.43. The smallest absolute Gasteiger partial charge is 0.0635 e. The minimum absolute atomic E-state index is 0.234. The van der Waals surface area contributed by atoms with Gasteiger partial charge in [-0.25, -0.2) is 0 Å². The van der Waals surface area contributed by atoms with E-state index in [0.717, 1.165) is 13.0 Å². The number of rotatable bonds is 3. The first-order chi connectivity index (χ1) is 8.26. The fourth-order valence-electron chi connectivity index (χ4n) is 2.67. The molecule has 0 radical (unpaired) electrons. The summed E-state index contributed by atoms with van der Waals surface area (Å²) >= 11 is 0. The average Bonchev–Trinajstić information content (AvgIpc) is 2.38. The van der Waals surface area contributed by atoms with E-state index in [4.69, 9.17) is 5.73 Å². The van der Waals surface area contributed by atoms with Gasteiger partial charge in [0.2, 0.25) is 0 Å². The van der Waals surface area contributed by atoms with Crippen molar-refractivity contribution in [3.05, 3.63) is 29.3 Å². The third-order valence-corrected chi connectivity index (χ3v) is 3.60. The van der Waals surface area contributed by atoms with E-state index in [-0.39, 0.29) is 12.6 Å². The Morgan fingerprint density at radius 2 is 2.24 bits per heavy atom. The van der Waals surface area contributed by atoms with Crippen molar-refractivity contribution in [1.29, 1.82) is 0 Å². The summed E-state index contributed by atoms with van der Waals surface area (Å²) in [4.78, 5) is 2.32. The minimum Gasteiger partial charge on any atom is -0.394 e. The van der Waals surface area contributed by atoms with E-state index >= 15 is 0 Å². The van der Waals surface area contributed by atoms with E-state index in [1.54, 1.807) is 0 Å². The Kier molecular flexibility index (Phi) is 4.02. The molecule has 17 heavy (non-hydrogen) atoms. The molecule has 1 atom stereocenters. The highest BCUT2D eigenvalue weighted by molar-refractivity contribution is 5.56. The van der Waals surface area contributed by atoms with E-state index in [2.05, 4.69) is 30.0 Å². The van der Waals surface area contributed by atoms with Gasteiger partial charge in [0.05, 0.1) is 12.6 Å². The van der Waals surface area contributed by atoms with Crippen LogP contribution >= 0.6 is 0 Å². The monoisotopic (exact) mass is 234 g/mol. The van der Waals surface area contributed by atoms with Gasteiger partial charge < -0.3 is 15.7 Å². The summed E-state index contributed by atoms with van der Waals surface area (Å²) in [6.45, 7) is 3.91. The molecule has 94 valence electrons. The van der Waals surface area contributed by atoms with Gasteiger partial charge in [0.25, 0.3) is 0 Å². The van der Waals surface area contributed by atoms with E-state index < -0.39 is 0 Å². The number of aliphatic hydroxyl groups is 1. The molecular formula is C14H22N2O. The van der Waals surface area contributed by atoms with Crippen LogP contribution in [-0.4, -0.2) is 24.3 Å². The fraction of sp³-hybridized carbons (Fsp3) is 0.571. The zero-order valence-corrected chi connectivity index (χ0v) is 10.5. The number of nitrogens with two attached hydrogens (primary N) is 1. The molecule has 1 saturated heterocycles. The highest BCUT2D eigenvalue weighted by Gasteiger charge is 2.23. The molecule has 1 unspecified atom stereocenters. The van der Waals surface area contributed by atoms with Crippen LogP contribution in [0.25, 0.3) is 0 Å². The lowest BCUT2D eigenvalue weighted by Crippen LogP contribution is -2.42. The molecule has 1 fully saturated rings. The lowest BCUT2D eigenvalue weighted by atomic mass is 9.99. The second-order valence-electron chi connectivity index (χ2n) is 4.86. The summed E-state index contributed by atoms with van der Waals surface area (Å²) in [6.07, 6.45) is 3.49. The molecule has 0 saturated carbocycles. The SMILES string of the molecule is Cc1ccc(N2CCCCC2CO)c(CN)c1. The van der Waals surface area contributed by atoms with Crippen molar-refractivity contribution >= 4 is 5.69 Å². The maximum atomic E-state index is 9.47. The molecule has 0 spiro atoms. The maximum Gasteiger partial charge on any atom is 0.0635 e. The maximum absolute atomic E-state index is 9.47. The second-order valence-corrected chi connectivity index (χ2v) is 4.86. The lowest BCUT2D eigenvalue weighted by molar-refractivity contribution is 0.240. The third-order valence-electron chi connectivity index (χ3n) is 3.60. The number of piperidine rings is 1. The Bertz CT molecular complexity index is 378. The molecule has 1 aromatic rings. The van der Waals surface area contributed by atoms with Gasteiger partial charge in [-0.2, -0.15) is 0 Å². The zero-order valence-electron chi connectivity index (χ0n) is 10.5. The summed E-state index contributed by atoms with van der Waals surface area (Å²) in [6, 6.07) is 6.68. The summed E-state index contributed by atoms with van der Waals surface area (Å²) < 4.78 is 0. The van der Waals surface area contributed by atoms with Gasteiger partial charge in [-0.15, -0.1) is 0 Å². The quantitative estimate of drug-likeness (QED) is 0.838. The van der Waals surface area contributed by atoms with Crippen molar-refractivity contribution in [2.24, 2.45) is 5.73 Å². The van der Waals surface area contributed by atoms with Crippen LogP contribution < -0.4 is 10.6 Å². The second kappa shape index (κ2) is 5.52. The Labute approximate surface area is 103 Å². The molecule has 1 aromatic carbocycles. The summed E-state index contributed by atoms with van der Waals surface area (Å²) in [5.41, 5.74) is 9.46. The Balaban J connectivity index is 2.30.